The number of benzene rings is 2. The van der Waals surface area contributed by atoms with Crippen molar-refractivity contribution in [1.29, 1.82) is 0 Å². The molecule has 1 atom stereocenters. The second-order valence-corrected chi connectivity index (χ2v) is 8.35. The fourth-order valence-corrected chi connectivity index (χ4v) is 4.23. The van der Waals surface area contributed by atoms with Gasteiger partial charge in [-0.05, 0) is 36.5 Å². The number of para-hydroxylation sites is 1. The second-order valence-electron chi connectivity index (χ2n) is 8.35. The summed E-state index contributed by atoms with van der Waals surface area (Å²) in [6, 6.07) is 20.2. The number of hydrogen-bond acceptors (Lipinski definition) is 4. The average Bonchev–Trinajstić information content (AvgIpc) is 3.52. The van der Waals surface area contributed by atoms with Gasteiger partial charge in [-0.3, -0.25) is 9.69 Å². The van der Waals surface area contributed by atoms with Crippen molar-refractivity contribution in [2.75, 3.05) is 26.2 Å². The zero-order valence-corrected chi connectivity index (χ0v) is 17.6. The Morgan fingerprint density at radius 2 is 1.77 bits per heavy atom. The van der Waals surface area contributed by atoms with Crippen LogP contribution >= 0.6 is 0 Å². The summed E-state index contributed by atoms with van der Waals surface area (Å²) in [4.78, 5) is 20.1. The summed E-state index contributed by atoms with van der Waals surface area (Å²) < 4.78 is 7.81. The molecule has 2 aromatic carbocycles. The first kappa shape index (κ1) is 19.8. The predicted octanol–water partition coefficient (Wildman–Crippen LogP) is 3.51. The molecule has 0 bridgehead atoms. The van der Waals surface area contributed by atoms with Gasteiger partial charge in [0.2, 0.25) is 0 Å². The van der Waals surface area contributed by atoms with Crippen LogP contribution in [0.3, 0.4) is 0 Å². The van der Waals surface area contributed by atoms with Gasteiger partial charge in [-0.25, -0.2) is 4.98 Å². The highest BCUT2D eigenvalue weighted by molar-refractivity contribution is 5.92. The summed E-state index contributed by atoms with van der Waals surface area (Å²) in [6.07, 6.45) is 4.55. The van der Waals surface area contributed by atoms with E-state index in [1.54, 1.807) is 0 Å². The highest BCUT2D eigenvalue weighted by Gasteiger charge is 2.35. The Hall–Kier alpha value is -3.12. The van der Waals surface area contributed by atoms with Crippen molar-refractivity contribution in [2.24, 2.45) is 5.92 Å². The number of carbonyl (C=O) groups is 1. The van der Waals surface area contributed by atoms with Gasteiger partial charge in [0.05, 0.1) is 12.6 Å². The molecule has 160 valence electrons. The maximum Gasteiger partial charge on any atom is 0.271 e. The molecule has 6 nitrogen and oxygen atoms in total. The molecule has 31 heavy (non-hydrogen) atoms. The van der Waals surface area contributed by atoms with Gasteiger partial charge >= 0.3 is 0 Å². The van der Waals surface area contributed by atoms with Gasteiger partial charge in [-0.1, -0.05) is 48.5 Å². The molecule has 1 aliphatic heterocycles. The van der Waals surface area contributed by atoms with Crippen LogP contribution in [0.25, 0.3) is 0 Å². The third kappa shape index (κ3) is 4.64. The van der Waals surface area contributed by atoms with Crippen LogP contribution in [0.2, 0.25) is 0 Å². The number of hydrogen-bond donors (Lipinski definition) is 1. The lowest BCUT2D eigenvalue weighted by Gasteiger charge is -2.36. The number of amides is 1. The second kappa shape index (κ2) is 8.94. The van der Waals surface area contributed by atoms with Gasteiger partial charge in [0.15, 0.2) is 0 Å². The fourth-order valence-electron chi connectivity index (χ4n) is 4.23. The van der Waals surface area contributed by atoms with Crippen molar-refractivity contribution in [3.8, 4) is 5.75 Å². The fraction of sp³-hybridized carbons (Fsp3) is 0.360. The summed E-state index contributed by atoms with van der Waals surface area (Å²) in [5.74, 6) is 2.42. The summed E-state index contributed by atoms with van der Waals surface area (Å²) in [7, 11) is 0. The van der Waals surface area contributed by atoms with Gasteiger partial charge in [-0.15, -0.1) is 0 Å². The van der Waals surface area contributed by atoms with E-state index in [0.29, 0.717) is 18.8 Å². The molecule has 0 saturated heterocycles. The third-order valence-electron chi connectivity index (χ3n) is 5.98. The lowest BCUT2D eigenvalue weighted by Crippen LogP contribution is -2.40. The molecule has 1 unspecified atom stereocenters. The van der Waals surface area contributed by atoms with E-state index in [9.17, 15) is 4.79 Å². The molecule has 3 aromatic rings. The van der Waals surface area contributed by atoms with Crippen LogP contribution in [0, 0.1) is 5.92 Å². The Morgan fingerprint density at radius 1 is 1.03 bits per heavy atom. The number of rotatable bonds is 8. The molecule has 0 spiro atoms. The molecule has 2 heterocycles. The van der Waals surface area contributed by atoms with Crippen molar-refractivity contribution < 1.29 is 9.53 Å². The number of carbonyl (C=O) groups excluding carboxylic acids is 1. The average molecular weight is 417 g/mol. The minimum atomic E-state index is -0.154. The van der Waals surface area contributed by atoms with Crippen molar-refractivity contribution >= 4 is 5.91 Å². The zero-order chi connectivity index (χ0) is 21.0. The Bertz CT molecular complexity index is 1010. The Kier molecular flexibility index (Phi) is 5.71. The first-order valence-electron chi connectivity index (χ1n) is 11.1. The van der Waals surface area contributed by atoms with E-state index in [-0.39, 0.29) is 11.9 Å². The molecular formula is C25H28N4O2. The molecule has 1 N–H and O–H groups in total. The van der Waals surface area contributed by atoms with Crippen LogP contribution < -0.4 is 10.1 Å². The molecule has 1 aliphatic carbocycles. The first-order chi connectivity index (χ1) is 15.3. The number of nitrogens with one attached hydrogen (secondary N) is 1. The predicted molar refractivity (Wildman–Crippen MR) is 119 cm³/mol. The summed E-state index contributed by atoms with van der Waals surface area (Å²) in [5, 5.41) is 2.93. The standard InChI is InChI=1S/C25H28N4O2/c30-25(26-13-16-31-21-9-5-2-6-10-21)22-18-29-15-14-28(17-19-11-12-19)23(24(29)27-22)20-7-3-1-4-8-20/h1-10,18-19,23H,11-17H2,(H,26,30). The highest BCUT2D eigenvalue weighted by Crippen LogP contribution is 2.37. The van der Waals surface area contributed by atoms with Crippen LogP contribution in [0.5, 0.6) is 5.75 Å². The molecule has 1 amide bonds. The van der Waals surface area contributed by atoms with E-state index in [1.807, 2.05) is 42.6 Å². The molecule has 6 heteroatoms. The van der Waals surface area contributed by atoms with Crippen molar-refractivity contribution in [2.45, 2.75) is 25.4 Å². The quantitative estimate of drug-likeness (QED) is 0.571. The molecular weight excluding hydrogens is 388 g/mol. The van der Waals surface area contributed by atoms with E-state index >= 15 is 0 Å². The summed E-state index contributed by atoms with van der Waals surface area (Å²) >= 11 is 0. The largest absolute Gasteiger partial charge is 0.492 e. The van der Waals surface area contributed by atoms with Crippen molar-refractivity contribution in [3.05, 3.63) is 83.9 Å². The van der Waals surface area contributed by atoms with Gasteiger partial charge in [0.1, 0.15) is 23.9 Å². The SMILES string of the molecule is O=C(NCCOc1ccccc1)c1cn2c(n1)C(c1ccccc1)N(CC1CC1)CC2. The van der Waals surface area contributed by atoms with Crippen LogP contribution in [0.15, 0.2) is 66.9 Å². The number of fused-ring (bicyclic) bond motifs is 1. The number of aromatic nitrogens is 2. The van der Waals surface area contributed by atoms with E-state index in [1.165, 1.54) is 18.4 Å². The third-order valence-corrected chi connectivity index (χ3v) is 5.98. The van der Waals surface area contributed by atoms with Crippen LogP contribution in [-0.4, -0.2) is 46.6 Å². The van der Waals surface area contributed by atoms with Crippen LogP contribution in [0.4, 0.5) is 0 Å². The molecule has 2 aliphatic rings. The summed E-state index contributed by atoms with van der Waals surface area (Å²) in [6.45, 7) is 3.80. The topological polar surface area (TPSA) is 59.4 Å². The van der Waals surface area contributed by atoms with Crippen molar-refractivity contribution in [1.82, 2.24) is 19.8 Å². The number of ether oxygens (including phenoxy) is 1. The van der Waals surface area contributed by atoms with Gasteiger partial charge in [0.25, 0.3) is 5.91 Å². The van der Waals surface area contributed by atoms with E-state index in [0.717, 1.165) is 37.1 Å². The Balaban J connectivity index is 1.28. The first-order valence-corrected chi connectivity index (χ1v) is 11.1. The highest BCUT2D eigenvalue weighted by atomic mass is 16.5. The van der Waals surface area contributed by atoms with E-state index < -0.39 is 0 Å². The van der Waals surface area contributed by atoms with Crippen LogP contribution in [-0.2, 0) is 6.54 Å². The zero-order valence-electron chi connectivity index (χ0n) is 17.6. The van der Waals surface area contributed by atoms with E-state index in [2.05, 4.69) is 39.0 Å². The molecule has 1 aromatic heterocycles. The minimum Gasteiger partial charge on any atom is -0.492 e. The molecule has 1 fully saturated rings. The Labute approximate surface area is 182 Å². The van der Waals surface area contributed by atoms with Crippen LogP contribution in [0.1, 0.15) is 40.8 Å². The van der Waals surface area contributed by atoms with Gasteiger partial charge in [-0.2, -0.15) is 0 Å². The maximum atomic E-state index is 12.7. The lowest BCUT2D eigenvalue weighted by atomic mass is 10.0. The number of nitrogens with zero attached hydrogens (tertiary/aromatic N) is 3. The van der Waals surface area contributed by atoms with Crippen molar-refractivity contribution in [3.63, 3.8) is 0 Å². The lowest BCUT2D eigenvalue weighted by molar-refractivity contribution is 0.0942. The molecule has 5 rings (SSSR count). The monoisotopic (exact) mass is 416 g/mol. The normalized spacial score (nSPS) is 18.4. The van der Waals surface area contributed by atoms with Gasteiger partial charge < -0.3 is 14.6 Å². The van der Waals surface area contributed by atoms with Gasteiger partial charge in [0, 0.05) is 25.8 Å². The molecule has 0 radical (unpaired) electrons. The minimum absolute atomic E-state index is 0.0958. The maximum absolute atomic E-state index is 12.7. The Morgan fingerprint density at radius 3 is 2.52 bits per heavy atom. The molecule has 1 saturated carbocycles. The number of imidazole rings is 1. The summed E-state index contributed by atoms with van der Waals surface area (Å²) in [5.41, 5.74) is 1.71. The smallest absolute Gasteiger partial charge is 0.271 e. The van der Waals surface area contributed by atoms with E-state index in [4.69, 9.17) is 9.72 Å².